The van der Waals surface area contributed by atoms with E-state index in [4.69, 9.17) is 11.6 Å². The van der Waals surface area contributed by atoms with Crippen molar-refractivity contribution in [1.29, 1.82) is 0 Å². The van der Waals surface area contributed by atoms with Crippen molar-refractivity contribution < 1.29 is 4.79 Å². The van der Waals surface area contributed by atoms with Crippen molar-refractivity contribution in [3.8, 4) is 0 Å². The Balaban J connectivity index is 2.17. The van der Waals surface area contributed by atoms with Crippen molar-refractivity contribution in [2.24, 2.45) is 0 Å². The number of hydrogen-bond donors (Lipinski definition) is 0. The summed E-state index contributed by atoms with van der Waals surface area (Å²) in [6, 6.07) is 5.41. The largest absolute Gasteiger partial charge is 0.337 e. The van der Waals surface area contributed by atoms with Crippen LogP contribution in [0, 0.1) is 0 Å². The Labute approximate surface area is 124 Å². The molecule has 0 bridgehead atoms. The van der Waals surface area contributed by atoms with E-state index in [0.717, 1.165) is 10.0 Å². The van der Waals surface area contributed by atoms with Gasteiger partial charge < -0.3 is 4.90 Å². The fourth-order valence-electron chi connectivity index (χ4n) is 1.62. The summed E-state index contributed by atoms with van der Waals surface area (Å²) in [4.78, 5) is 21.8. The molecule has 0 aliphatic carbocycles. The minimum absolute atomic E-state index is 0.178. The molecule has 0 radical (unpaired) electrons. The molecule has 0 fully saturated rings. The van der Waals surface area contributed by atoms with Gasteiger partial charge in [-0.05, 0) is 33.6 Å². The van der Waals surface area contributed by atoms with Crippen LogP contribution < -0.4 is 0 Å². The molecule has 0 aliphatic heterocycles. The van der Waals surface area contributed by atoms with Crippen molar-refractivity contribution in [2.75, 3.05) is 7.05 Å². The first-order valence-electron chi connectivity index (χ1n) is 5.53. The lowest BCUT2D eigenvalue weighted by Gasteiger charge is -2.17. The van der Waals surface area contributed by atoms with Crippen LogP contribution in [0.1, 0.15) is 15.9 Å². The van der Waals surface area contributed by atoms with Gasteiger partial charge in [-0.2, -0.15) is 0 Å². The van der Waals surface area contributed by atoms with Gasteiger partial charge in [-0.1, -0.05) is 17.7 Å². The molecule has 98 valence electrons. The summed E-state index contributed by atoms with van der Waals surface area (Å²) in [6.45, 7) is 0.468. The van der Waals surface area contributed by atoms with Gasteiger partial charge in [0.1, 0.15) is 5.15 Å². The number of aromatic nitrogens is 2. The number of carbonyl (C=O) groups excluding carboxylic acids is 1. The SMILES string of the molecule is CN(Cc1cccnc1)C(=O)c1cc(Br)cnc1Cl. The highest BCUT2D eigenvalue weighted by atomic mass is 79.9. The van der Waals surface area contributed by atoms with Gasteiger partial charge in [-0.3, -0.25) is 9.78 Å². The number of rotatable bonds is 3. The van der Waals surface area contributed by atoms with Crippen molar-refractivity contribution in [3.05, 3.63) is 57.5 Å². The highest BCUT2D eigenvalue weighted by Gasteiger charge is 2.16. The van der Waals surface area contributed by atoms with E-state index in [-0.39, 0.29) is 11.1 Å². The van der Waals surface area contributed by atoms with Crippen LogP contribution in [0.3, 0.4) is 0 Å². The first-order chi connectivity index (χ1) is 9.08. The minimum Gasteiger partial charge on any atom is -0.337 e. The highest BCUT2D eigenvalue weighted by Crippen LogP contribution is 2.20. The Morgan fingerprint density at radius 1 is 1.47 bits per heavy atom. The molecule has 0 saturated carbocycles. The van der Waals surface area contributed by atoms with Gasteiger partial charge in [-0.15, -0.1) is 0 Å². The molecule has 0 aliphatic rings. The van der Waals surface area contributed by atoms with Gasteiger partial charge in [0.25, 0.3) is 5.91 Å². The molecule has 1 amide bonds. The lowest BCUT2D eigenvalue weighted by molar-refractivity contribution is 0.0784. The van der Waals surface area contributed by atoms with Crippen LogP contribution in [-0.4, -0.2) is 27.8 Å². The second-order valence-corrected chi connectivity index (χ2v) is 5.29. The van der Waals surface area contributed by atoms with Crippen molar-refractivity contribution in [1.82, 2.24) is 14.9 Å². The van der Waals surface area contributed by atoms with Crippen LogP contribution in [0.25, 0.3) is 0 Å². The van der Waals surface area contributed by atoms with Crippen LogP contribution in [0.15, 0.2) is 41.3 Å². The topological polar surface area (TPSA) is 46.1 Å². The predicted molar refractivity (Wildman–Crippen MR) is 77.0 cm³/mol. The van der Waals surface area contributed by atoms with Crippen molar-refractivity contribution in [2.45, 2.75) is 6.54 Å². The van der Waals surface area contributed by atoms with E-state index >= 15 is 0 Å². The summed E-state index contributed by atoms with van der Waals surface area (Å²) in [5, 5.41) is 0.200. The van der Waals surface area contributed by atoms with Gasteiger partial charge in [0.15, 0.2) is 0 Å². The smallest absolute Gasteiger partial charge is 0.257 e. The molecule has 0 unspecified atom stereocenters. The third kappa shape index (κ3) is 3.52. The van der Waals surface area contributed by atoms with Crippen LogP contribution in [0.5, 0.6) is 0 Å². The Morgan fingerprint density at radius 2 is 2.26 bits per heavy atom. The van der Waals surface area contributed by atoms with E-state index in [1.165, 1.54) is 0 Å². The highest BCUT2D eigenvalue weighted by molar-refractivity contribution is 9.10. The molecule has 2 rings (SSSR count). The molecule has 0 aromatic carbocycles. The molecule has 4 nitrogen and oxygen atoms in total. The Kier molecular flexibility index (Phi) is 4.50. The molecular formula is C13H11BrClN3O. The Morgan fingerprint density at radius 3 is 2.95 bits per heavy atom. The van der Waals surface area contributed by atoms with Crippen molar-refractivity contribution >= 4 is 33.4 Å². The van der Waals surface area contributed by atoms with E-state index < -0.39 is 0 Å². The lowest BCUT2D eigenvalue weighted by atomic mass is 10.2. The average Bonchev–Trinajstić information content (AvgIpc) is 2.42. The van der Waals surface area contributed by atoms with E-state index in [1.54, 1.807) is 36.6 Å². The monoisotopic (exact) mass is 339 g/mol. The molecule has 2 aromatic heterocycles. The molecule has 6 heteroatoms. The van der Waals surface area contributed by atoms with Gasteiger partial charge in [-0.25, -0.2) is 4.98 Å². The molecule has 19 heavy (non-hydrogen) atoms. The van der Waals surface area contributed by atoms with E-state index in [2.05, 4.69) is 25.9 Å². The van der Waals surface area contributed by atoms with Crippen LogP contribution in [-0.2, 0) is 6.54 Å². The van der Waals surface area contributed by atoms with Crippen molar-refractivity contribution in [3.63, 3.8) is 0 Å². The normalized spacial score (nSPS) is 10.3. The number of nitrogens with zero attached hydrogens (tertiary/aromatic N) is 3. The summed E-state index contributed by atoms with van der Waals surface area (Å²) < 4.78 is 0.718. The average molecular weight is 341 g/mol. The van der Waals surface area contributed by atoms with E-state index in [0.29, 0.717) is 12.1 Å². The fourth-order valence-corrected chi connectivity index (χ4v) is 2.13. The Bertz CT molecular complexity index is 592. The van der Waals surface area contributed by atoms with Gasteiger partial charge >= 0.3 is 0 Å². The zero-order valence-corrected chi connectivity index (χ0v) is 12.5. The number of carbonyl (C=O) groups is 1. The van der Waals surface area contributed by atoms with Gasteiger partial charge in [0.2, 0.25) is 0 Å². The molecule has 0 atom stereocenters. The summed E-state index contributed by atoms with van der Waals surface area (Å²) in [6.07, 6.45) is 4.98. The maximum atomic E-state index is 12.3. The molecule has 0 spiro atoms. The second kappa shape index (κ2) is 6.12. The zero-order valence-electron chi connectivity index (χ0n) is 10.2. The van der Waals surface area contributed by atoms with Crippen LogP contribution in [0.4, 0.5) is 0 Å². The van der Waals surface area contributed by atoms with Crippen LogP contribution in [0.2, 0.25) is 5.15 Å². The third-order valence-electron chi connectivity index (χ3n) is 2.53. The summed E-state index contributed by atoms with van der Waals surface area (Å²) in [5.74, 6) is -0.178. The number of amides is 1. The first kappa shape index (κ1) is 14.0. The summed E-state index contributed by atoms with van der Waals surface area (Å²) >= 11 is 9.23. The quantitative estimate of drug-likeness (QED) is 0.806. The number of hydrogen-bond acceptors (Lipinski definition) is 3. The zero-order chi connectivity index (χ0) is 13.8. The first-order valence-corrected chi connectivity index (χ1v) is 6.70. The summed E-state index contributed by atoms with van der Waals surface area (Å²) in [7, 11) is 1.71. The Hall–Kier alpha value is -1.46. The minimum atomic E-state index is -0.178. The van der Waals surface area contributed by atoms with Crippen LogP contribution >= 0.6 is 27.5 Å². The standard InChI is InChI=1S/C13H11BrClN3O/c1-18(8-9-3-2-4-16-6-9)13(19)11-5-10(14)7-17-12(11)15/h2-7H,8H2,1H3. The number of pyridine rings is 2. The fraction of sp³-hybridized carbons (Fsp3) is 0.154. The lowest BCUT2D eigenvalue weighted by Crippen LogP contribution is -2.26. The maximum absolute atomic E-state index is 12.3. The van der Waals surface area contributed by atoms with E-state index in [1.807, 2.05) is 12.1 Å². The summed E-state index contributed by atoms with van der Waals surface area (Å²) in [5.41, 5.74) is 1.33. The molecule has 0 saturated heterocycles. The third-order valence-corrected chi connectivity index (χ3v) is 3.26. The van der Waals surface area contributed by atoms with E-state index in [9.17, 15) is 4.79 Å². The second-order valence-electron chi connectivity index (χ2n) is 4.01. The number of halogens is 2. The predicted octanol–water partition coefficient (Wildman–Crippen LogP) is 3.16. The molecule has 2 aromatic rings. The molecule has 0 N–H and O–H groups in total. The maximum Gasteiger partial charge on any atom is 0.257 e. The molecular weight excluding hydrogens is 330 g/mol. The molecule has 2 heterocycles. The van der Waals surface area contributed by atoms with Gasteiger partial charge in [0.05, 0.1) is 5.56 Å². The van der Waals surface area contributed by atoms with Gasteiger partial charge in [0, 0.05) is 36.7 Å².